The smallest absolute Gasteiger partial charge is 0.341 e. The van der Waals surface area contributed by atoms with Crippen LogP contribution in [-0.2, 0) is 26.1 Å². The molecule has 2 aromatic carbocycles. The first kappa shape index (κ1) is 19.9. The van der Waals surface area contributed by atoms with Crippen LogP contribution in [0.25, 0.3) is 10.2 Å². The van der Waals surface area contributed by atoms with Gasteiger partial charge in [0, 0.05) is 13.1 Å². The molecule has 0 radical (unpaired) electrons. The zero-order valence-corrected chi connectivity index (χ0v) is 16.8. The van der Waals surface area contributed by atoms with Crippen molar-refractivity contribution in [1.82, 2.24) is 9.29 Å². The molecule has 3 aromatic rings. The molecule has 0 spiro atoms. The largest absolute Gasteiger partial charge is 0.455 e. The van der Waals surface area contributed by atoms with Crippen molar-refractivity contribution >= 4 is 37.5 Å². The van der Waals surface area contributed by atoms with Gasteiger partial charge < -0.3 is 9.47 Å². The molecule has 1 aliphatic rings. The van der Waals surface area contributed by atoms with Crippen LogP contribution < -0.4 is 0 Å². The lowest BCUT2D eigenvalue weighted by Gasteiger charge is -2.26. The number of ether oxygens (including phenoxy) is 2. The van der Waals surface area contributed by atoms with E-state index >= 15 is 0 Å². The number of rotatable bonds is 5. The fraction of sp³-hybridized carbons (Fsp3) is 0.263. The Morgan fingerprint density at radius 2 is 1.97 bits per heavy atom. The predicted octanol–water partition coefficient (Wildman–Crippen LogP) is 2.81. The molecule has 1 saturated heterocycles. The summed E-state index contributed by atoms with van der Waals surface area (Å²) in [5.74, 6) is -1.79. The van der Waals surface area contributed by atoms with Gasteiger partial charge >= 0.3 is 5.97 Å². The van der Waals surface area contributed by atoms with E-state index in [1.54, 1.807) is 0 Å². The van der Waals surface area contributed by atoms with Crippen molar-refractivity contribution in [3.05, 3.63) is 58.9 Å². The van der Waals surface area contributed by atoms with Gasteiger partial charge in [0.05, 0.1) is 33.9 Å². The summed E-state index contributed by atoms with van der Waals surface area (Å²) in [5.41, 5.74) is 0.355. The molecule has 29 heavy (non-hydrogen) atoms. The van der Waals surface area contributed by atoms with Crippen LogP contribution in [0.2, 0.25) is 0 Å². The first-order valence-corrected chi connectivity index (χ1v) is 11.1. The van der Waals surface area contributed by atoms with Crippen molar-refractivity contribution in [2.24, 2.45) is 0 Å². The number of halogens is 1. The fourth-order valence-corrected chi connectivity index (χ4v) is 5.26. The third kappa shape index (κ3) is 4.15. The number of hydrogen-bond donors (Lipinski definition) is 0. The van der Waals surface area contributed by atoms with E-state index in [-0.39, 0.29) is 37.8 Å². The van der Waals surface area contributed by atoms with Gasteiger partial charge in [0.15, 0.2) is 0 Å². The van der Waals surface area contributed by atoms with Crippen molar-refractivity contribution in [3.8, 4) is 0 Å². The monoisotopic (exact) mass is 436 g/mol. The maximum Gasteiger partial charge on any atom is 0.341 e. The van der Waals surface area contributed by atoms with E-state index in [2.05, 4.69) is 4.98 Å². The average Bonchev–Trinajstić information content (AvgIpc) is 3.16. The number of nitrogens with zero attached hydrogens (tertiary/aromatic N) is 2. The molecule has 0 saturated carbocycles. The van der Waals surface area contributed by atoms with Gasteiger partial charge in [-0.2, -0.15) is 4.31 Å². The topological polar surface area (TPSA) is 85.8 Å². The predicted molar refractivity (Wildman–Crippen MR) is 105 cm³/mol. The minimum atomic E-state index is -3.85. The number of fused-ring (bicyclic) bond motifs is 1. The summed E-state index contributed by atoms with van der Waals surface area (Å²) < 4.78 is 52.2. The van der Waals surface area contributed by atoms with Gasteiger partial charge in [0.1, 0.15) is 17.4 Å². The summed E-state index contributed by atoms with van der Waals surface area (Å²) in [6.07, 6.45) is 0. The number of sulfonamides is 1. The molecule has 7 nitrogen and oxygen atoms in total. The number of aromatic nitrogens is 1. The van der Waals surface area contributed by atoms with Crippen LogP contribution in [0.5, 0.6) is 0 Å². The number of esters is 1. The van der Waals surface area contributed by atoms with Crippen LogP contribution in [0, 0.1) is 5.82 Å². The summed E-state index contributed by atoms with van der Waals surface area (Å²) in [6, 6.07) is 10.6. The molecular formula is C19H17FN2O5S2. The van der Waals surface area contributed by atoms with Crippen molar-refractivity contribution in [2.75, 3.05) is 26.3 Å². The second kappa shape index (κ2) is 8.15. The molecule has 0 unspecified atom stereocenters. The molecule has 10 heteroatoms. The number of carbonyl (C=O) groups excluding carboxylic acids is 1. The Hall–Kier alpha value is -2.40. The van der Waals surface area contributed by atoms with Crippen LogP contribution in [0.4, 0.5) is 4.39 Å². The Morgan fingerprint density at radius 1 is 1.21 bits per heavy atom. The van der Waals surface area contributed by atoms with Gasteiger partial charge in [0.2, 0.25) is 10.0 Å². The number of thiazole rings is 1. The van der Waals surface area contributed by atoms with Gasteiger partial charge in [-0.05, 0) is 30.3 Å². The molecule has 0 atom stereocenters. The second-order valence-corrected chi connectivity index (χ2v) is 9.36. The first-order valence-electron chi connectivity index (χ1n) is 8.84. The van der Waals surface area contributed by atoms with E-state index < -0.39 is 27.4 Å². The lowest BCUT2D eigenvalue weighted by molar-refractivity contribution is 0.0467. The maximum atomic E-state index is 14.2. The van der Waals surface area contributed by atoms with Crippen LogP contribution in [0.3, 0.4) is 0 Å². The lowest BCUT2D eigenvalue weighted by atomic mass is 10.2. The SMILES string of the molecule is O=C(OCc1nc2ccccc2s1)c1cc(S(=O)(=O)N2CCOCC2)ccc1F. The fourth-order valence-electron chi connectivity index (χ4n) is 2.94. The Labute approximate surface area is 170 Å². The number of carbonyl (C=O) groups is 1. The molecule has 0 bridgehead atoms. The first-order chi connectivity index (χ1) is 13.9. The van der Waals surface area contributed by atoms with Crippen LogP contribution in [0.1, 0.15) is 15.4 Å². The van der Waals surface area contributed by atoms with E-state index in [0.717, 1.165) is 28.4 Å². The van der Waals surface area contributed by atoms with Crippen molar-refractivity contribution in [3.63, 3.8) is 0 Å². The molecule has 4 rings (SSSR count). The van der Waals surface area contributed by atoms with Crippen LogP contribution >= 0.6 is 11.3 Å². The van der Waals surface area contributed by atoms with Gasteiger partial charge in [-0.15, -0.1) is 11.3 Å². The minimum Gasteiger partial charge on any atom is -0.455 e. The highest BCUT2D eigenvalue weighted by Gasteiger charge is 2.28. The second-order valence-electron chi connectivity index (χ2n) is 6.31. The van der Waals surface area contributed by atoms with E-state index in [9.17, 15) is 17.6 Å². The van der Waals surface area contributed by atoms with Gasteiger partial charge in [-0.1, -0.05) is 12.1 Å². The molecule has 0 aliphatic carbocycles. The van der Waals surface area contributed by atoms with Crippen molar-refractivity contribution in [1.29, 1.82) is 0 Å². The Bertz CT molecular complexity index is 1120. The highest BCUT2D eigenvalue weighted by atomic mass is 32.2. The quantitative estimate of drug-likeness (QED) is 0.572. The van der Waals surface area contributed by atoms with Crippen molar-refractivity contribution in [2.45, 2.75) is 11.5 Å². The third-order valence-electron chi connectivity index (χ3n) is 4.43. The molecule has 1 aliphatic heterocycles. The van der Waals surface area contributed by atoms with Crippen LogP contribution in [0.15, 0.2) is 47.4 Å². The summed E-state index contributed by atoms with van der Waals surface area (Å²) in [6.45, 7) is 0.862. The lowest BCUT2D eigenvalue weighted by Crippen LogP contribution is -2.40. The average molecular weight is 436 g/mol. The molecule has 0 N–H and O–H groups in total. The molecule has 1 aromatic heterocycles. The molecule has 152 valence electrons. The maximum absolute atomic E-state index is 14.2. The van der Waals surface area contributed by atoms with Gasteiger partial charge in [-0.3, -0.25) is 0 Å². The Kier molecular flexibility index (Phi) is 5.59. The van der Waals surface area contributed by atoms with E-state index in [1.807, 2.05) is 24.3 Å². The molecule has 0 amide bonds. The summed E-state index contributed by atoms with van der Waals surface area (Å²) in [7, 11) is -3.85. The summed E-state index contributed by atoms with van der Waals surface area (Å²) in [5, 5.41) is 0.567. The number of morpholine rings is 1. The zero-order valence-electron chi connectivity index (χ0n) is 15.2. The third-order valence-corrected chi connectivity index (χ3v) is 7.34. The van der Waals surface area contributed by atoms with E-state index in [4.69, 9.17) is 9.47 Å². The Balaban J connectivity index is 1.52. The molecular weight excluding hydrogens is 419 g/mol. The summed E-state index contributed by atoms with van der Waals surface area (Å²) in [4.78, 5) is 16.6. The van der Waals surface area contributed by atoms with E-state index in [0.29, 0.717) is 5.01 Å². The molecule has 1 fully saturated rings. The zero-order chi connectivity index (χ0) is 20.4. The Morgan fingerprint density at radius 3 is 2.72 bits per heavy atom. The minimum absolute atomic E-state index is 0.127. The normalized spacial score (nSPS) is 15.5. The van der Waals surface area contributed by atoms with Crippen LogP contribution in [-0.4, -0.2) is 50.0 Å². The number of hydrogen-bond acceptors (Lipinski definition) is 7. The van der Waals surface area contributed by atoms with Gasteiger partial charge in [-0.25, -0.2) is 22.6 Å². The number of para-hydroxylation sites is 1. The van der Waals surface area contributed by atoms with Gasteiger partial charge in [0.25, 0.3) is 0 Å². The van der Waals surface area contributed by atoms with Crippen molar-refractivity contribution < 1.29 is 27.1 Å². The highest BCUT2D eigenvalue weighted by Crippen LogP contribution is 2.24. The summed E-state index contributed by atoms with van der Waals surface area (Å²) >= 11 is 1.37. The standard InChI is InChI=1S/C19H17FN2O5S2/c20-15-6-5-13(29(24,25)22-7-9-26-10-8-22)11-14(15)19(23)27-12-18-21-16-3-1-2-4-17(16)28-18/h1-6,11H,7-10,12H2. The number of benzene rings is 2. The highest BCUT2D eigenvalue weighted by molar-refractivity contribution is 7.89. The van der Waals surface area contributed by atoms with E-state index in [1.165, 1.54) is 15.6 Å². The molecule has 2 heterocycles.